The molecule has 4 aliphatic rings. The zero-order valence-corrected chi connectivity index (χ0v) is 11.1. The topological polar surface area (TPSA) is 23.8 Å². The Morgan fingerprint density at radius 1 is 1.12 bits per heavy atom. The van der Waals surface area contributed by atoms with Crippen molar-refractivity contribution >= 4 is 15.9 Å². The molecule has 0 amide bonds. The lowest BCUT2D eigenvalue weighted by atomic mass is 9.52. The van der Waals surface area contributed by atoms with Gasteiger partial charge < -0.3 is 0 Å². The summed E-state index contributed by atoms with van der Waals surface area (Å²) in [7, 11) is 0. The van der Waals surface area contributed by atoms with Gasteiger partial charge in [0.25, 0.3) is 0 Å². The van der Waals surface area contributed by atoms with E-state index in [1.165, 1.54) is 32.1 Å². The maximum absolute atomic E-state index is 9.03. The Kier molecular flexibility index (Phi) is 2.83. The Labute approximate surface area is 106 Å². The molecule has 0 N–H and O–H groups in total. The van der Waals surface area contributed by atoms with Gasteiger partial charge in [-0.25, -0.2) is 0 Å². The van der Waals surface area contributed by atoms with Crippen LogP contribution in [0.5, 0.6) is 0 Å². The zero-order chi connectivity index (χ0) is 11.1. The third kappa shape index (κ3) is 1.74. The summed E-state index contributed by atoms with van der Waals surface area (Å²) in [6.45, 7) is 0. The summed E-state index contributed by atoms with van der Waals surface area (Å²) in [6, 6.07) is 2.32. The van der Waals surface area contributed by atoms with E-state index in [0.717, 1.165) is 40.5 Å². The third-order valence-electron chi connectivity index (χ3n) is 4.98. The summed E-state index contributed by atoms with van der Waals surface area (Å²) < 4.78 is 0. The van der Waals surface area contributed by atoms with Crippen LogP contribution < -0.4 is 0 Å². The van der Waals surface area contributed by atoms with Crippen molar-refractivity contribution < 1.29 is 0 Å². The molecule has 1 nitrogen and oxygen atoms in total. The number of nitriles is 1. The van der Waals surface area contributed by atoms with Crippen LogP contribution in [0.15, 0.2) is 11.6 Å². The van der Waals surface area contributed by atoms with Gasteiger partial charge in [-0.1, -0.05) is 22.0 Å². The first-order valence-corrected chi connectivity index (χ1v) is 7.59. The number of alkyl halides is 1. The first-order valence-electron chi connectivity index (χ1n) is 6.47. The summed E-state index contributed by atoms with van der Waals surface area (Å²) in [6.07, 6.45) is 9.56. The van der Waals surface area contributed by atoms with Gasteiger partial charge in [0, 0.05) is 10.9 Å². The average molecular weight is 280 g/mol. The first kappa shape index (κ1) is 10.8. The van der Waals surface area contributed by atoms with Crippen LogP contribution in [0.4, 0.5) is 0 Å². The molecule has 0 aromatic rings. The monoisotopic (exact) mass is 279 g/mol. The predicted octanol–water partition coefficient (Wildman–Crippen LogP) is 3.90. The zero-order valence-electron chi connectivity index (χ0n) is 9.53. The van der Waals surface area contributed by atoms with E-state index in [0.29, 0.717) is 0 Å². The molecule has 4 aliphatic carbocycles. The maximum atomic E-state index is 9.03. The highest BCUT2D eigenvalue weighted by atomic mass is 79.9. The van der Waals surface area contributed by atoms with E-state index in [1.807, 2.05) is 0 Å². The van der Waals surface area contributed by atoms with E-state index >= 15 is 0 Å². The molecule has 4 bridgehead atoms. The van der Waals surface area contributed by atoms with E-state index in [2.05, 4.69) is 28.1 Å². The molecule has 86 valence electrons. The van der Waals surface area contributed by atoms with E-state index in [9.17, 15) is 0 Å². The van der Waals surface area contributed by atoms with Crippen LogP contribution in [-0.2, 0) is 0 Å². The fourth-order valence-electron chi connectivity index (χ4n) is 4.58. The van der Waals surface area contributed by atoms with Crippen molar-refractivity contribution in [2.45, 2.75) is 32.1 Å². The Bertz CT molecular complexity index is 324. The minimum Gasteiger partial charge on any atom is -0.193 e. The molecule has 4 rings (SSSR count). The quantitative estimate of drug-likeness (QED) is 0.556. The van der Waals surface area contributed by atoms with Gasteiger partial charge in [0.15, 0.2) is 0 Å². The Morgan fingerprint density at radius 3 is 2.12 bits per heavy atom. The van der Waals surface area contributed by atoms with Crippen LogP contribution in [0.25, 0.3) is 0 Å². The molecule has 0 unspecified atom stereocenters. The molecule has 0 heterocycles. The number of hydrogen-bond donors (Lipinski definition) is 0. The van der Waals surface area contributed by atoms with E-state index < -0.39 is 0 Å². The molecule has 0 atom stereocenters. The van der Waals surface area contributed by atoms with Gasteiger partial charge in [-0.3, -0.25) is 0 Å². The normalized spacial score (nSPS) is 45.8. The van der Waals surface area contributed by atoms with Crippen molar-refractivity contribution in [3.63, 3.8) is 0 Å². The highest BCUT2D eigenvalue weighted by Crippen LogP contribution is 2.57. The van der Waals surface area contributed by atoms with Gasteiger partial charge in [-0.15, -0.1) is 0 Å². The highest BCUT2D eigenvalue weighted by Gasteiger charge is 2.47. The molecular formula is C14H18BrN. The number of halogens is 1. The molecule has 0 spiro atoms. The van der Waals surface area contributed by atoms with E-state index in [1.54, 1.807) is 0 Å². The first-order chi connectivity index (χ1) is 7.80. The number of rotatable bonds is 2. The number of hydrogen-bond acceptors (Lipinski definition) is 1. The van der Waals surface area contributed by atoms with Crippen molar-refractivity contribution in [1.29, 1.82) is 5.26 Å². The van der Waals surface area contributed by atoms with Crippen molar-refractivity contribution in [2.24, 2.45) is 29.6 Å². The van der Waals surface area contributed by atoms with Gasteiger partial charge in [0.1, 0.15) is 0 Å². The molecule has 0 radical (unpaired) electrons. The number of allylic oxidation sites excluding steroid dienone is 2. The molecule has 4 fully saturated rings. The van der Waals surface area contributed by atoms with Gasteiger partial charge in [-0.2, -0.15) is 5.26 Å². The van der Waals surface area contributed by atoms with Crippen molar-refractivity contribution in [3.05, 3.63) is 11.6 Å². The predicted molar refractivity (Wildman–Crippen MR) is 68.0 cm³/mol. The average Bonchev–Trinajstić information content (AvgIpc) is 2.28. The fourth-order valence-corrected chi connectivity index (χ4v) is 4.90. The van der Waals surface area contributed by atoms with Crippen molar-refractivity contribution in [2.75, 3.05) is 5.33 Å². The molecule has 2 heteroatoms. The molecular weight excluding hydrogens is 262 g/mol. The second-order valence-corrected chi connectivity index (χ2v) is 6.51. The summed E-state index contributed by atoms with van der Waals surface area (Å²) in [4.78, 5) is 0. The van der Waals surface area contributed by atoms with Crippen LogP contribution in [0, 0.1) is 40.9 Å². The van der Waals surface area contributed by atoms with Crippen LogP contribution in [0.1, 0.15) is 32.1 Å². The molecule has 0 saturated heterocycles. The Balaban J connectivity index is 1.82. The van der Waals surface area contributed by atoms with Crippen LogP contribution >= 0.6 is 15.9 Å². The molecule has 0 aromatic heterocycles. The summed E-state index contributed by atoms with van der Waals surface area (Å²) in [5.74, 6) is 4.58. The van der Waals surface area contributed by atoms with Gasteiger partial charge in [-0.05, 0) is 61.7 Å². The van der Waals surface area contributed by atoms with Gasteiger partial charge >= 0.3 is 0 Å². The second kappa shape index (κ2) is 4.18. The lowest BCUT2D eigenvalue weighted by molar-refractivity contribution is -0.0163. The highest BCUT2D eigenvalue weighted by molar-refractivity contribution is 9.09. The standard InChI is InChI=1S/C14H18BrN/c15-7-11(8-16)6-14-12-2-9-1-10(4-12)5-13(14)3-9/h6,9-10,12-14H,1-5,7H2/b11-6-. The summed E-state index contributed by atoms with van der Waals surface area (Å²) >= 11 is 3.41. The number of nitrogens with zero attached hydrogens (tertiary/aromatic N) is 1. The van der Waals surface area contributed by atoms with Gasteiger partial charge in [0.2, 0.25) is 0 Å². The second-order valence-electron chi connectivity index (χ2n) is 5.95. The van der Waals surface area contributed by atoms with Crippen LogP contribution in [0.2, 0.25) is 0 Å². The van der Waals surface area contributed by atoms with Crippen molar-refractivity contribution in [3.8, 4) is 6.07 Å². The summed E-state index contributed by atoms with van der Waals surface area (Å²) in [5, 5.41) is 9.76. The van der Waals surface area contributed by atoms with E-state index in [-0.39, 0.29) is 0 Å². The van der Waals surface area contributed by atoms with Crippen LogP contribution in [0.3, 0.4) is 0 Å². The minimum absolute atomic E-state index is 0.722. The largest absolute Gasteiger partial charge is 0.193 e. The van der Waals surface area contributed by atoms with Gasteiger partial charge in [0.05, 0.1) is 6.07 Å². The third-order valence-corrected chi connectivity index (χ3v) is 5.58. The van der Waals surface area contributed by atoms with Crippen LogP contribution in [-0.4, -0.2) is 5.33 Å². The van der Waals surface area contributed by atoms with E-state index in [4.69, 9.17) is 5.26 Å². The van der Waals surface area contributed by atoms with Crippen molar-refractivity contribution in [1.82, 2.24) is 0 Å². The smallest absolute Gasteiger partial charge is 0.0952 e. The Hall–Kier alpha value is -0.290. The molecule has 0 aliphatic heterocycles. The Morgan fingerprint density at radius 2 is 1.69 bits per heavy atom. The molecule has 16 heavy (non-hydrogen) atoms. The molecule has 4 saturated carbocycles. The lowest BCUT2D eigenvalue weighted by Gasteiger charge is -2.53. The SMILES string of the molecule is N#C/C(=C\C1C2CC3CC(C2)CC1C3)CBr. The lowest BCUT2D eigenvalue weighted by Crippen LogP contribution is -2.44. The molecule has 0 aromatic carbocycles. The summed E-state index contributed by atoms with van der Waals surface area (Å²) in [5.41, 5.74) is 0.942. The fraction of sp³-hybridized carbons (Fsp3) is 0.786. The minimum atomic E-state index is 0.722. The maximum Gasteiger partial charge on any atom is 0.0952 e.